The lowest BCUT2D eigenvalue weighted by Gasteiger charge is -2.05. The number of hydrogen-bond donors (Lipinski definition) is 2. The van der Waals surface area contributed by atoms with Crippen LogP contribution in [0.4, 0.5) is 0 Å². The molecular weight excluding hydrogens is 268 g/mol. The Labute approximate surface area is 120 Å². The van der Waals surface area contributed by atoms with Crippen molar-refractivity contribution in [2.75, 3.05) is 0 Å². The Balaban J connectivity index is 2.11. The Bertz CT molecular complexity index is 844. The van der Waals surface area contributed by atoms with Crippen molar-refractivity contribution < 1.29 is 5.11 Å². The topological polar surface area (TPSA) is 91.8 Å². The summed E-state index contributed by atoms with van der Waals surface area (Å²) in [4.78, 5) is 18.9. The largest absolute Gasteiger partial charge is 0.507 e. The summed E-state index contributed by atoms with van der Waals surface area (Å²) in [6.07, 6.45) is 1.61. The number of aromatic hydroxyl groups is 1. The van der Waals surface area contributed by atoms with Gasteiger partial charge in [0.05, 0.1) is 0 Å². The highest BCUT2D eigenvalue weighted by Gasteiger charge is 2.13. The van der Waals surface area contributed by atoms with Gasteiger partial charge in [-0.05, 0) is 31.2 Å². The molecule has 0 fully saturated rings. The number of phenolic OH excluding ortho intramolecular Hbond substituents is 1. The number of pyridine rings is 1. The van der Waals surface area contributed by atoms with Gasteiger partial charge in [-0.2, -0.15) is 0 Å². The Morgan fingerprint density at radius 3 is 2.71 bits per heavy atom. The molecule has 104 valence electrons. The van der Waals surface area contributed by atoms with E-state index < -0.39 is 5.56 Å². The van der Waals surface area contributed by atoms with Gasteiger partial charge in [-0.1, -0.05) is 17.7 Å². The third kappa shape index (κ3) is 2.51. The average molecular weight is 280 g/mol. The van der Waals surface area contributed by atoms with E-state index >= 15 is 0 Å². The monoisotopic (exact) mass is 280 g/mol. The van der Waals surface area contributed by atoms with Crippen molar-refractivity contribution in [1.29, 1.82) is 0 Å². The molecule has 0 aliphatic heterocycles. The molecule has 2 heterocycles. The predicted octanol–water partition coefficient (Wildman–Crippen LogP) is 1.91. The normalized spacial score (nSPS) is 10.5. The number of phenols is 1. The van der Waals surface area contributed by atoms with E-state index in [2.05, 4.69) is 20.2 Å². The lowest BCUT2D eigenvalue weighted by atomic mass is 10.1. The molecule has 6 heteroatoms. The Kier molecular flexibility index (Phi) is 3.19. The van der Waals surface area contributed by atoms with Crippen LogP contribution in [0.25, 0.3) is 22.8 Å². The zero-order valence-corrected chi connectivity index (χ0v) is 11.2. The van der Waals surface area contributed by atoms with Crippen molar-refractivity contribution in [3.8, 4) is 28.5 Å². The molecule has 0 atom stereocenters. The maximum absolute atomic E-state index is 12.2. The first kappa shape index (κ1) is 13.0. The van der Waals surface area contributed by atoms with Crippen LogP contribution in [0.5, 0.6) is 5.75 Å². The van der Waals surface area contributed by atoms with Gasteiger partial charge in [0, 0.05) is 11.8 Å². The van der Waals surface area contributed by atoms with Crippen molar-refractivity contribution in [1.82, 2.24) is 20.2 Å². The Morgan fingerprint density at radius 2 is 2.00 bits per heavy atom. The van der Waals surface area contributed by atoms with E-state index in [-0.39, 0.29) is 17.3 Å². The zero-order valence-electron chi connectivity index (χ0n) is 11.2. The first-order valence-electron chi connectivity index (χ1n) is 6.33. The summed E-state index contributed by atoms with van der Waals surface area (Å²) in [5.74, 6) is 0.280. The van der Waals surface area contributed by atoms with Crippen molar-refractivity contribution in [2.45, 2.75) is 6.92 Å². The molecule has 2 aromatic heterocycles. The average Bonchev–Trinajstić information content (AvgIpc) is 2.51. The van der Waals surface area contributed by atoms with Crippen LogP contribution in [0, 0.1) is 6.92 Å². The SMILES string of the molecule is Cc1ccc(O)c(-c2nnc(-c3ccccn3)[nH]c2=O)c1. The van der Waals surface area contributed by atoms with Crippen LogP contribution in [0.2, 0.25) is 0 Å². The minimum absolute atomic E-state index is 0.00835. The molecule has 3 rings (SSSR count). The van der Waals surface area contributed by atoms with Gasteiger partial charge in [-0.3, -0.25) is 9.78 Å². The summed E-state index contributed by atoms with van der Waals surface area (Å²) in [7, 11) is 0. The lowest BCUT2D eigenvalue weighted by molar-refractivity contribution is 0.476. The van der Waals surface area contributed by atoms with Gasteiger partial charge in [-0.25, -0.2) is 0 Å². The van der Waals surface area contributed by atoms with E-state index in [1.54, 1.807) is 36.5 Å². The van der Waals surface area contributed by atoms with Gasteiger partial charge in [0.15, 0.2) is 11.5 Å². The summed E-state index contributed by atoms with van der Waals surface area (Å²) >= 11 is 0. The standard InChI is InChI=1S/C15H12N4O2/c1-9-5-6-12(20)10(8-9)13-15(21)17-14(19-18-13)11-4-2-3-7-16-11/h2-8,20H,1H3,(H,17,19,21). The molecule has 2 N–H and O–H groups in total. The van der Waals surface area contributed by atoms with E-state index in [0.29, 0.717) is 11.3 Å². The molecule has 0 saturated carbocycles. The molecule has 0 bridgehead atoms. The third-order valence-electron chi connectivity index (χ3n) is 3.01. The molecule has 0 saturated heterocycles. The first-order valence-corrected chi connectivity index (χ1v) is 6.33. The summed E-state index contributed by atoms with van der Waals surface area (Å²) in [5, 5.41) is 17.8. The molecular formula is C15H12N4O2. The second-order valence-corrected chi connectivity index (χ2v) is 4.59. The molecule has 6 nitrogen and oxygen atoms in total. The highest BCUT2D eigenvalue weighted by atomic mass is 16.3. The van der Waals surface area contributed by atoms with Gasteiger partial charge in [0.1, 0.15) is 11.4 Å². The summed E-state index contributed by atoms with van der Waals surface area (Å²) < 4.78 is 0. The Morgan fingerprint density at radius 1 is 1.14 bits per heavy atom. The number of nitrogens with zero attached hydrogens (tertiary/aromatic N) is 3. The molecule has 0 amide bonds. The molecule has 0 aliphatic carbocycles. The summed E-state index contributed by atoms with van der Waals surface area (Å²) in [6, 6.07) is 10.3. The fourth-order valence-electron chi connectivity index (χ4n) is 1.97. The number of aryl methyl sites for hydroxylation is 1. The molecule has 21 heavy (non-hydrogen) atoms. The van der Waals surface area contributed by atoms with Crippen LogP contribution in [0.15, 0.2) is 47.4 Å². The van der Waals surface area contributed by atoms with Crippen LogP contribution < -0.4 is 5.56 Å². The Hall–Kier alpha value is -3.02. The predicted molar refractivity (Wildman–Crippen MR) is 77.7 cm³/mol. The molecule has 0 unspecified atom stereocenters. The fraction of sp³-hybridized carbons (Fsp3) is 0.0667. The van der Waals surface area contributed by atoms with Crippen LogP contribution in [-0.2, 0) is 0 Å². The number of benzene rings is 1. The van der Waals surface area contributed by atoms with Gasteiger partial charge >= 0.3 is 0 Å². The maximum atomic E-state index is 12.2. The van der Waals surface area contributed by atoms with Crippen LogP contribution in [-0.4, -0.2) is 25.3 Å². The van der Waals surface area contributed by atoms with Crippen molar-refractivity contribution in [2.24, 2.45) is 0 Å². The summed E-state index contributed by atoms with van der Waals surface area (Å²) in [5.41, 5.74) is 1.46. The second kappa shape index (κ2) is 5.16. The first-order chi connectivity index (χ1) is 10.1. The van der Waals surface area contributed by atoms with Crippen molar-refractivity contribution in [3.05, 3.63) is 58.5 Å². The number of aromatic nitrogens is 4. The minimum atomic E-state index is -0.424. The number of aromatic amines is 1. The lowest BCUT2D eigenvalue weighted by Crippen LogP contribution is -2.14. The van der Waals surface area contributed by atoms with Crippen molar-refractivity contribution in [3.63, 3.8) is 0 Å². The van der Waals surface area contributed by atoms with E-state index in [0.717, 1.165) is 5.56 Å². The molecule has 0 radical (unpaired) electrons. The van der Waals surface area contributed by atoms with Gasteiger partial charge < -0.3 is 10.1 Å². The van der Waals surface area contributed by atoms with Gasteiger partial charge in [0.25, 0.3) is 5.56 Å². The number of rotatable bonds is 2. The van der Waals surface area contributed by atoms with E-state index in [9.17, 15) is 9.90 Å². The number of hydrogen-bond acceptors (Lipinski definition) is 5. The highest BCUT2D eigenvalue weighted by Crippen LogP contribution is 2.26. The van der Waals surface area contributed by atoms with E-state index in [1.807, 2.05) is 6.92 Å². The molecule has 0 spiro atoms. The summed E-state index contributed by atoms with van der Waals surface area (Å²) in [6.45, 7) is 1.87. The zero-order chi connectivity index (χ0) is 14.8. The number of H-pyrrole nitrogens is 1. The van der Waals surface area contributed by atoms with E-state index in [4.69, 9.17) is 0 Å². The van der Waals surface area contributed by atoms with Crippen molar-refractivity contribution >= 4 is 0 Å². The second-order valence-electron chi connectivity index (χ2n) is 4.59. The third-order valence-corrected chi connectivity index (χ3v) is 3.01. The molecule has 1 aromatic carbocycles. The van der Waals surface area contributed by atoms with Crippen LogP contribution >= 0.6 is 0 Å². The van der Waals surface area contributed by atoms with Gasteiger partial charge in [-0.15, -0.1) is 10.2 Å². The van der Waals surface area contributed by atoms with E-state index in [1.165, 1.54) is 6.07 Å². The quantitative estimate of drug-likeness (QED) is 0.748. The van der Waals surface area contributed by atoms with Crippen LogP contribution in [0.1, 0.15) is 5.56 Å². The van der Waals surface area contributed by atoms with Crippen LogP contribution in [0.3, 0.4) is 0 Å². The molecule has 0 aliphatic rings. The highest BCUT2D eigenvalue weighted by molar-refractivity contribution is 5.66. The maximum Gasteiger partial charge on any atom is 0.278 e. The molecule has 3 aromatic rings. The minimum Gasteiger partial charge on any atom is -0.507 e. The van der Waals surface area contributed by atoms with Gasteiger partial charge in [0.2, 0.25) is 0 Å². The smallest absolute Gasteiger partial charge is 0.278 e. The number of nitrogens with one attached hydrogen (secondary N) is 1. The fourth-order valence-corrected chi connectivity index (χ4v) is 1.97.